The van der Waals surface area contributed by atoms with Gasteiger partial charge < -0.3 is 5.11 Å². The maximum atomic E-state index is 11.4. The number of aliphatic hydroxyl groups excluding tert-OH is 1. The van der Waals surface area contributed by atoms with Crippen LogP contribution in [0.1, 0.15) is 11.2 Å². The topological polar surface area (TPSA) is 68.0 Å². The smallest absolute Gasteiger partial charge is 0.262 e. The summed E-state index contributed by atoms with van der Waals surface area (Å²) in [5, 5.41) is 12.8. The summed E-state index contributed by atoms with van der Waals surface area (Å²) in [6, 6.07) is 0. The Bertz CT molecular complexity index is 311. The number of rotatable bonds is 2. The first-order valence-electron chi connectivity index (χ1n) is 3.54. The van der Waals surface area contributed by atoms with E-state index in [1.54, 1.807) is 0 Å². The van der Waals surface area contributed by atoms with Gasteiger partial charge in [-0.15, -0.1) is 0 Å². The summed E-state index contributed by atoms with van der Waals surface area (Å²) in [4.78, 5) is 15.3. The van der Waals surface area contributed by atoms with Crippen LogP contribution in [0.3, 0.4) is 0 Å². The Kier molecular flexibility index (Phi) is 1.86. The van der Waals surface area contributed by atoms with Crippen molar-refractivity contribution in [1.29, 1.82) is 0 Å². The third-order valence-corrected chi connectivity index (χ3v) is 2.85. The molecule has 0 amide bonds. The molecule has 1 N–H and O–H groups in total. The summed E-state index contributed by atoms with van der Waals surface area (Å²) in [5.74, 6) is -0.0819. The van der Waals surface area contributed by atoms with Gasteiger partial charge >= 0.3 is 0 Å². The van der Waals surface area contributed by atoms with Crippen molar-refractivity contribution < 1.29 is 9.90 Å². The van der Waals surface area contributed by atoms with E-state index in [-0.39, 0.29) is 17.8 Å². The van der Waals surface area contributed by atoms with Crippen LogP contribution >= 0.6 is 11.8 Å². The zero-order valence-corrected chi connectivity index (χ0v) is 6.99. The number of nitrogens with zero attached hydrogens (tertiary/aromatic N) is 3. The van der Waals surface area contributed by atoms with Gasteiger partial charge in [0.25, 0.3) is 5.91 Å². The second kappa shape index (κ2) is 2.87. The van der Waals surface area contributed by atoms with Gasteiger partial charge in [0.05, 0.1) is 5.25 Å². The molecule has 0 saturated carbocycles. The van der Waals surface area contributed by atoms with E-state index in [0.29, 0.717) is 11.6 Å². The second-order valence-electron chi connectivity index (χ2n) is 2.41. The van der Waals surface area contributed by atoms with Crippen LogP contribution in [0.15, 0.2) is 11.5 Å². The van der Waals surface area contributed by atoms with Gasteiger partial charge in [-0.2, -0.15) is 9.78 Å². The first kappa shape index (κ1) is 7.75. The van der Waals surface area contributed by atoms with Crippen LogP contribution in [0.5, 0.6) is 0 Å². The Morgan fingerprint density at radius 1 is 1.75 bits per heavy atom. The van der Waals surface area contributed by atoms with Gasteiger partial charge in [0, 0.05) is 6.61 Å². The second-order valence-corrected chi connectivity index (χ2v) is 3.58. The number of aliphatic hydroxyl groups is 1. The highest BCUT2D eigenvalue weighted by atomic mass is 32.2. The fourth-order valence-electron chi connectivity index (χ4n) is 1.08. The first-order chi connectivity index (χ1) is 5.83. The molecule has 1 aliphatic rings. The summed E-state index contributed by atoms with van der Waals surface area (Å²) in [6.07, 6.45) is 1.82. The van der Waals surface area contributed by atoms with Crippen molar-refractivity contribution in [2.45, 2.75) is 16.8 Å². The number of thioether (sulfide) groups is 1. The molecular formula is C6H7N3O2S. The molecule has 1 atom stereocenters. The maximum absolute atomic E-state index is 11.4. The number of hydrogen-bond acceptors (Lipinski definition) is 5. The van der Waals surface area contributed by atoms with E-state index in [4.69, 9.17) is 5.11 Å². The minimum Gasteiger partial charge on any atom is -0.396 e. The van der Waals surface area contributed by atoms with Crippen molar-refractivity contribution in [2.75, 3.05) is 6.61 Å². The van der Waals surface area contributed by atoms with Crippen molar-refractivity contribution in [3.63, 3.8) is 0 Å². The molecule has 2 rings (SSSR count). The number of hydrogen-bond donors (Lipinski definition) is 1. The van der Waals surface area contributed by atoms with Crippen molar-refractivity contribution in [1.82, 2.24) is 14.8 Å². The molecule has 0 saturated heterocycles. The molecule has 0 radical (unpaired) electrons. The summed E-state index contributed by atoms with van der Waals surface area (Å²) in [5.41, 5.74) is 0. The standard InChI is InChI=1S/C6H7N3O2S/c10-2-1-4-5(11)9-6(12-4)7-3-8-9/h3-4,10H,1-2H2. The van der Waals surface area contributed by atoms with Gasteiger partial charge in [0.1, 0.15) is 6.33 Å². The van der Waals surface area contributed by atoms with Crippen LogP contribution < -0.4 is 0 Å². The van der Waals surface area contributed by atoms with Crippen LogP contribution in [0, 0.1) is 0 Å². The lowest BCUT2D eigenvalue weighted by Crippen LogP contribution is -2.19. The predicted octanol–water partition coefficient (Wildman–Crippen LogP) is -0.225. The number of carbonyl (C=O) groups is 1. The van der Waals surface area contributed by atoms with E-state index in [9.17, 15) is 4.79 Å². The van der Waals surface area contributed by atoms with Crippen LogP contribution in [0.25, 0.3) is 0 Å². The molecule has 5 nitrogen and oxygen atoms in total. The lowest BCUT2D eigenvalue weighted by molar-refractivity contribution is 0.0882. The molecule has 64 valence electrons. The van der Waals surface area contributed by atoms with E-state index in [1.807, 2.05) is 0 Å². The Labute approximate surface area is 72.8 Å². The molecule has 1 unspecified atom stereocenters. The van der Waals surface area contributed by atoms with Gasteiger partial charge in [-0.25, -0.2) is 4.98 Å². The summed E-state index contributed by atoms with van der Waals surface area (Å²) in [6.45, 7) is 0.0221. The molecule has 0 aliphatic carbocycles. The SMILES string of the molecule is O=C1C(CCO)Sc2ncnn21. The van der Waals surface area contributed by atoms with Gasteiger partial charge in [0.15, 0.2) is 5.16 Å². The fourth-order valence-corrected chi connectivity index (χ4v) is 2.10. The van der Waals surface area contributed by atoms with Crippen LogP contribution in [-0.2, 0) is 0 Å². The molecule has 1 aromatic heterocycles. The molecule has 12 heavy (non-hydrogen) atoms. The minimum atomic E-state index is -0.203. The van der Waals surface area contributed by atoms with E-state index in [0.717, 1.165) is 0 Å². The van der Waals surface area contributed by atoms with E-state index < -0.39 is 0 Å². The molecule has 0 bridgehead atoms. The molecule has 0 spiro atoms. The fraction of sp³-hybridized carbons (Fsp3) is 0.500. The zero-order valence-electron chi connectivity index (χ0n) is 6.17. The highest BCUT2D eigenvalue weighted by Crippen LogP contribution is 2.30. The molecule has 2 heterocycles. The summed E-state index contributed by atoms with van der Waals surface area (Å²) in [7, 11) is 0. The van der Waals surface area contributed by atoms with Crippen molar-refractivity contribution >= 4 is 17.7 Å². The Balaban J connectivity index is 2.21. The van der Waals surface area contributed by atoms with Crippen LogP contribution in [0.2, 0.25) is 0 Å². The Morgan fingerprint density at radius 3 is 3.25 bits per heavy atom. The highest BCUT2D eigenvalue weighted by molar-refractivity contribution is 8.00. The normalized spacial score (nSPS) is 21.4. The largest absolute Gasteiger partial charge is 0.396 e. The van der Waals surface area contributed by atoms with Crippen molar-refractivity contribution in [3.8, 4) is 0 Å². The molecular weight excluding hydrogens is 178 g/mol. The van der Waals surface area contributed by atoms with Gasteiger partial charge in [-0.05, 0) is 6.42 Å². The summed E-state index contributed by atoms with van der Waals surface area (Å²) < 4.78 is 1.28. The third kappa shape index (κ3) is 1.03. The summed E-state index contributed by atoms with van der Waals surface area (Å²) >= 11 is 1.36. The zero-order chi connectivity index (χ0) is 8.55. The lowest BCUT2D eigenvalue weighted by Gasteiger charge is -2.00. The van der Waals surface area contributed by atoms with Gasteiger partial charge in [-0.3, -0.25) is 4.79 Å². The maximum Gasteiger partial charge on any atom is 0.262 e. The average molecular weight is 185 g/mol. The molecule has 1 aromatic rings. The minimum absolute atomic E-state index is 0.0221. The van der Waals surface area contributed by atoms with Crippen molar-refractivity contribution in [2.24, 2.45) is 0 Å². The Hall–Kier alpha value is -0.880. The molecule has 0 aromatic carbocycles. The average Bonchev–Trinajstić information content (AvgIpc) is 2.58. The number of fused-ring (bicyclic) bond motifs is 1. The van der Waals surface area contributed by atoms with Gasteiger partial charge in [0.2, 0.25) is 0 Å². The van der Waals surface area contributed by atoms with Crippen LogP contribution in [0.4, 0.5) is 0 Å². The quantitative estimate of drug-likeness (QED) is 0.689. The highest BCUT2D eigenvalue weighted by Gasteiger charge is 2.32. The molecule has 0 fully saturated rings. The van der Waals surface area contributed by atoms with E-state index in [2.05, 4.69) is 10.1 Å². The first-order valence-corrected chi connectivity index (χ1v) is 4.42. The predicted molar refractivity (Wildman–Crippen MR) is 42.0 cm³/mol. The Morgan fingerprint density at radius 2 is 2.58 bits per heavy atom. The molecule has 6 heteroatoms. The third-order valence-electron chi connectivity index (χ3n) is 1.64. The number of aromatic nitrogens is 3. The number of carbonyl (C=O) groups excluding carboxylic acids is 1. The van der Waals surface area contributed by atoms with Gasteiger partial charge in [-0.1, -0.05) is 11.8 Å². The molecule has 1 aliphatic heterocycles. The van der Waals surface area contributed by atoms with Crippen LogP contribution in [-0.4, -0.2) is 37.6 Å². The van der Waals surface area contributed by atoms with E-state index in [1.165, 1.54) is 22.8 Å². The monoisotopic (exact) mass is 185 g/mol. The van der Waals surface area contributed by atoms with E-state index >= 15 is 0 Å². The lowest BCUT2D eigenvalue weighted by atomic mass is 10.3. The van der Waals surface area contributed by atoms with Crippen molar-refractivity contribution in [3.05, 3.63) is 6.33 Å².